The van der Waals surface area contributed by atoms with Crippen LogP contribution >= 0.6 is 23.2 Å². The van der Waals surface area contributed by atoms with Gasteiger partial charge in [-0.05, 0) is 54.8 Å². The molecule has 2 aromatic carbocycles. The number of anilines is 1. The van der Waals surface area contributed by atoms with Gasteiger partial charge in [-0.15, -0.1) is 0 Å². The predicted octanol–water partition coefficient (Wildman–Crippen LogP) is 5.07. The maximum atomic E-state index is 12.6. The molecule has 0 saturated carbocycles. The van der Waals surface area contributed by atoms with Crippen molar-refractivity contribution in [3.05, 3.63) is 97.4 Å². The van der Waals surface area contributed by atoms with E-state index in [2.05, 4.69) is 5.32 Å². The van der Waals surface area contributed by atoms with E-state index in [4.69, 9.17) is 23.2 Å². The van der Waals surface area contributed by atoms with Crippen LogP contribution in [0, 0.1) is 13.8 Å². The summed E-state index contributed by atoms with van der Waals surface area (Å²) in [5.74, 6) is -0.272. The number of aryl methyl sites for hydroxylation is 2. The standard InChI is InChI=1S/C21H18Cl2N2O2/c1-13-3-4-14(2)19(9-13)24-21(27)16-6-8-20(26)25(12-16)11-15-5-7-17(22)18(23)10-15/h3-10,12H,11H2,1-2H3,(H,24,27). The summed E-state index contributed by atoms with van der Waals surface area (Å²) in [4.78, 5) is 24.8. The van der Waals surface area contributed by atoms with Gasteiger partial charge in [-0.1, -0.05) is 41.4 Å². The number of nitrogens with one attached hydrogen (secondary N) is 1. The lowest BCUT2D eigenvalue weighted by Crippen LogP contribution is -2.22. The second-order valence-corrected chi connectivity index (χ2v) is 7.22. The first-order valence-electron chi connectivity index (χ1n) is 8.36. The van der Waals surface area contributed by atoms with Crippen molar-refractivity contribution in [2.75, 3.05) is 5.32 Å². The molecule has 27 heavy (non-hydrogen) atoms. The SMILES string of the molecule is Cc1ccc(C)c(NC(=O)c2ccc(=O)n(Cc3ccc(Cl)c(Cl)c3)c2)c1. The molecule has 0 aliphatic heterocycles. The number of carbonyl (C=O) groups excluding carboxylic acids is 1. The van der Waals surface area contributed by atoms with Crippen molar-refractivity contribution >= 4 is 34.8 Å². The number of nitrogens with zero attached hydrogens (tertiary/aromatic N) is 1. The van der Waals surface area contributed by atoms with E-state index in [9.17, 15) is 9.59 Å². The number of benzene rings is 2. The highest BCUT2D eigenvalue weighted by Gasteiger charge is 2.10. The maximum Gasteiger partial charge on any atom is 0.257 e. The zero-order chi connectivity index (χ0) is 19.6. The Morgan fingerprint density at radius 1 is 1.00 bits per heavy atom. The third kappa shape index (κ3) is 4.59. The molecular formula is C21H18Cl2N2O2. The van der Waals surface area contributed by atoms with Crippen LogP contribution < -0.4 is 10.9 Å². The summed E-state index contributed by atoms with van der Waals surface area (Å²) in [6.45, 7) is 4.19. The predicted molar refractivity (Wildman–Crippen MR) is 110 cm³/mol. The Morgan fingerprint density at radius 2 is 1.78 bits per heavy atom. The van der Waals surface area contributed by atoms with Gasteiger partial charge in [0.25, 0.3) is 11.5 Å². The van der Waals surface area contributed by atoms with Gasteiger partial charge in [0.15, 0.2) is 0 Å². The molecule has 138 valence electrons. The van der Waals surface area contributed by atoms with Crippen molar-refractivity contribution in [2.45, 2.75) is 20.4 Å². The van der Waals surface area contributed by atoms with Gasteiger partial charge in [-0.3, -0.25) is 9.59 Å². The third-order valence-electron chi connectivity index (χ3n) is 4.22. The van der Waals surface area contributed by atoms with Crippen molar-refractivity contribution in [3.8, 4) is 0 Å². The minimum atomic E-state index is -0.272. The van der Waals surface area contributed by atoms with Gasteiger partial charge in [0.05, 0.1) is 22.2 Å². The molecule has 0 fully saturated rings. The fraction of sp³-hybridized carbons (Fsp3) is 0.143. The molecule has 1 N–H and O–H groups in total. The molecule has 0 bridgehead atoms. The topological polar surface area (TPSA) is 51.1 Å². The van der Waals surface area contributed by atoms with Crippen LogP contribution in [-0.2, 0) is 6.54 Å². The van der Waals surface area contributed by atoms with Crippen LogP contribution in [0.1, 0.15) is 27.0 Å². The summed E-state index contributed by atoms with van der Waals surface area (Å²) in [5.41, 5.74) is 3.79. The van der Waals surface area contributed by atoms with Crippen LogP contribution in [0.5, 0.6) is 0 Å². The number of amides is 1. The van der Waals surface area contributed by atoms with Crippen LogP contribution in [0.15, 0.2) is 59.5 Å². The molecule has 0 unspecified atom stereocenters. The minimum absolute atomic E-state index is 0.204. The van der Waals surface area contributed by atoms with Crippen molar-refractivity contribution in [1.29, 1.82) is 0 Å². The lowest BCUT2D eigenvalue weighted by atomic mass is 10.1. The fourth-order valence-electron chi connectivity index (χ4n) is 2.69. The summed E-state index contributed by atoms with van der Waals surface area (Å²) in [6.07, 6.45) is 1.55. The molecule has 6 heteroatoms. The molecule has 1 amide bonds. The van der Waals surface area contributed by atoms with E-state index in [0.717, 1.165) is 22.4 Å². The summed E-state index contributed by atoms with van der Waals surface area (Å²) in [7, 11) is 0. The van der Waals surface area contributed by atoms with Crippen molar-refractivity contribution < 1.29 is 4.79 Å². The number of pyridine rings is 1. The first-order chi connectivity index (χ1) is 12.8. The van der Waals surface area contributed by atoms with E-state index in [1.807, 2.05) is 32.0 Å². The van der Waals surface area contributed by atoms with E-state index in [1.165, 1.54) is 16.7 Å². The molecule has 0 saturated heterocycles. The van der Waals surface area contributed by atoms with Crippen molar-refractivity contribution in [2.24, 2.45) is 0 Å². The molecule has 1 aromatic heterocycles. The van der Waals surface area contributed by atoms with Crippen molar-refractivity contribution in [1.82, 2.24) is 4.57 Å². The Morgan fingerprint density at radius 3 is 2.52 bits per heavy atom. The Balaban J connectivity index is 1.85. The molecule has 0 spiro atoms. The van der Waals surface area contributed by atoms with Gasteiger partial charge in [-0.25, -0.2) is 0 Å². The summed E-state index contributed by atoms with van der Waals surface area (Å²) < 4.78 is 1.47. The number of hydrogen-bond donors (Lipinski definition) is 1. The van der Waals surface area contributed by atoms with Gasteiger partial charge in [-0.2, -0.15) is 0 Å². The van der Waals surface area contributed by atoms with Crippen LogP contribution in [0.2, 0.25) is 10.0 Å². The Bertz CT molecular complexity index is 1070. The Labute approximate surface area is 167 Å². The van der Waals surface area contributed by atoms with Gasteiger partial charge < -0.3 is 9.88 Å². The molecule has 1 heterocycles. The molecule has 3 aromatic rings. The summed E-state index contributed by atoms with van der Waals surface area (Å²) in [5, 5.41) is 3.78. The molecule has 4 nitrogen and oxygen atoms in total. The Kier molecular flexibility index (Phi) is 5.68. The number of aromatic nitrogens is 1. The minimum Gasteiger partial charge on any atom is -0.322 e. The second-order valence-electron chi connectivity index (χ2n) is 6.40. The van der Waals surface area contributed by atoms with Gasteiger partial charge >= 0.3 is 0 Å². The molecule has 0 radical (unpaired) electrons. The zero-order valence-corrected chi connectivity index (χ0v) is 16.4. The molecule has 0 aliphatic carbocycles. The monoisotopic (exact) mass is 400 g/mol. The zero-order valence-electron chi connectivity index (χ0n) is 14.9. The highest BCUT2D eigenvalue weighted by atomic mass is 35.5. The van der Waals surface area contributed by atoms with E-state index >= 15 is 0 Å². The van der Waals surface area contributed by atoms with E-state index in [0.29, 0.717) is 22.2 Å². The van der Waals surface area contributed by atoms with Crippen molar-refractivity contribution in [3.63, 3.8) is 0 Å². The van der Waals surface area contributed by atoms with E-state index < -0.39 is 0 Å². The first-order valence-corrected chi connectivity index (χ1v) is 9.12. The number of carbonyl (C=O) groups is 1. The molecular weight excluding hydrogens is 383 g/mol. The second kappa shape index (κ2) is 7.99. The first kappa shape index (κ1) is 19.2. The average molecular weight is 401 g/mol. The average Bonchev–Trinajstić information content (AvgIpc) is 2.63. The van der Waals surface area contributed by atoms with Crippen LogP contribution in [0.3, 0.4) is 0 Å². The van der Waals surface area contributed by atoms with E-state index in [1.54, 1.807) is 24.4 Å². The van der Waals surface area contributed by atoms with Crippen LogP contribution in [-0.4, -0.2) is 10.5 Å². The highest BCUT2D eigenvalue weighted by Crippen LogP contribution is 2.23. The lowest BCUT2D eigenvalue weighted by molar-refractivity contribution is 0.102. The molecule has 0 atom stereocenters. The fourth-order valence-corrected chi connectivity index (χ4v) is 3.01. The van der Waals surface area contributed by atoms with Gasteiger partial charge in [0, 0.05) is 18.0 Å². The smallest absolute Gasteiger partial charge is 0.257 e. The Hall–Kier alpha value is -2.56. The molecule has 3 rings (SSSR count). The molecule has 0 aliphatic rings. The van der Waals surface area contributed by atoms with E-state index in [-0.39, 0.29) is 11.5 Å². The largest absolute Gasteiger partial charge is 0.322 e. The summed E-state index contributed by atoms with van der Waals surface area (Å²) in [6, 6.07) is 13.9. The quantitative estimate of drug-likeness (QED) is 0.664. The lowest BCUT2D eigenvalue weighted by Gasteiger charge is -2.11. The van der Waals surface area contributed by atoms with Crippen LogP contribution in [0.4, 0.5) is 5.69 Å². The number of rotatable bonds is 4. The highest BCUT2D eigenvalue weighted by molar-refractivity contribution is 6.42. The van der Waals surface area contributed by atoms with Gasteiger partial charge in [0.1, 0.15) is 0 Å². The van der Waals surface area contributed by atoms with Crippen LogP contribution in [0.25, 0.3) is 0 Å². The maximum absolute atomic E-state index is 12.6. The number of hydrogen-bond acceptors (Lipinski definition) is 2. The normalized spacial score (nSPS) is 10.7. The third-order valence-corrected chi connectivity index (χ3v) is 4.96. The summed E-state index contributed by atoms with van der Waals surface area (Å²) >= 11 is 12.0. The number of halogens is 2. The van der Waals surface area contributed by atoms with Gasteiger partial charge in [0.2, 0.25) is 0 Å².